The van der Waals surface area contributed by atoms with E-state index in [1.807, 2.05) is 24.3 Å². The van der Waals surface area contributed by atoms with Crippen molar-refractivity contribution in [1.29, 1.82) is 0 Å². The fourth-order valence-corrected chi connectivity index (χ4v) is 4.44. The Balaban J connectivity index is 0.000000659. The lowest BCUT2D eigenvalue weighted by Crippen LogP contribution is -2.54. The number of piperidine rings is 3. The van der Waals surface area contributed by atoms with Crippen molar-refractivity contribution < 1.29 is 19.7 Å². The number of aliphatic hydroxyl groups is 1. The summed E-state index contributed by atoms with van der Waals surface area (Å²) in [4.78, 5) is 15.2. The van der Waals surface area contributed by atoms with Crippen LogP contribution in [-0.4, -0.2) is 52.8 Å². The van der Waals surface area contributed by atoms with E-state index in [0.29, 0.717) is 11.8 Å². The molecule has 5 rings (SSSR count). The molecule has 2 aromatic rings. The lowest BCUT2D eigenvalue weighted by Gasteiger charge is -2.50. The summed E-state index contributed by atoms with van der Waals surface area (Å²) in [5.74, 6) is 2.01. The van der Waals surface area contributed by atoms with E-state index >= 15 is 0 Å². The third-order valence-corrected chi connectivity index (χ3v) is 5.82. The molecule has 3 aliphatic heterocycles. The van der Waals surface area contributed by atoms with E-state index in [2.05, 4.69) is 22.5 Å². The molecule has 0 radical (unpaired) electrons. The number of rotatable bonds is 4. The van der Waals surface area contributed by atoms with Crippen LogP contribution in [0.15, 0.2) is 43.1 Å². The summed E-state index contributed by atoms with van der Waals surface area (Å²) in [6.07, 6.45) is 5.62. The third kappa shape index (κ3) is 3.82. The Morgan fingerprint density at radius 3 is 2.81 bits per heavy atom. The van der Waals surface area contributed by atoms with Gasteiger partial charge in [0.05, 0.1) is 18.7 Å². The molecule has 4 heterocycles. The molecule has 3 saturated heterocycles. The van der Waals surface area contributed by atoms with Crippen LogP contribution in [-0.2, 0) is 4.79 Å². The quantitative estimate of drug-likeness (QED) is 0.636. The molecule has 0 saturated carbocycles. The fraction of sp³-hybridized carbons (Fsp3) is 0.429. The normalized spacial score (nSPS) is 27.3. The van der Waals surface area contributed by atoms with Crippen LogP contribution in [0.5, 0.6) is 5.75 Å². The van der Waals surface area contributed by atoms with Crippen molar-refractivity contribution in [2.24, 2.45) is 11.8 Å². The second kappa shape index (κ2) is 8.50. The van der Waals surface area contributed by atoms with Crippen LogP contribution >= 0.6 is 0 Å². The van der Waals surface area contributed by atoms with Crippen LogP contribution in [0, 0.1) is 11.8 Å². The highest BCUT2D eigenvalue weighted by Crippen LogP contribution is 2.42. The SMILES string of the molecule is C=CC1CN2CCC1CC2C(O)c1ccnc2ccc(OC)cc12.O=CO. The van der Waals surface area contributed by atoms with Gasteiger partial charge in [0.25, 0.3) is 6.47 Å². The van der Waals surface area contributed by atoms with Crippen molar-refractivity contribution in [2.45, 2.75) is 25.0 Å². The molecule has 0 aliphatic carbocycles. The Hall–Kier alpha value is -2.44. The summed E-state index contributed by atoms with van der Waals surface area (Å²) < 4.78 is 5.35. The number of benzene rings is 1. The number of carbonyl (C=O) groups is 1. The fourth-order valence-electron chi connectivity index (χ4n) is 4.44. The van der Waals surface area contributed by atoms with E-state index in [4.69, 9.17) is 14.6 Å². The summed E-state index contributed by atoms with van der Waals surface area (Å²) in [6, 6.07) is 7.96. The highest BCUT2D eigenvalue weighted by molar-refractivity contribution is 5.83. The van der Waals surface area contributed by atoms with E-state index in [1.54, 1.807) is 13.3 Å². The van der Waals surface area contributed by atoms with Gasteiger partial charge in [0.2, 0.25) is 0 Å². The molecule has 1 aromatic heterocycles. The number of aliphatic hydroxyl groups excluding tert-OH is 1. The molecule has 3 fully saturated rings. The minimum atomic E-state index is -0.504. The summed E-state index contributed by atoms with van der Waals surface area (Å²) in [5, 5.41) is 19.0. The number of aromatic nitrogens is 1. The van der Waals surface area contributed by atoms with Gasteiger partial charge in [-0.3, -0.25) is 14.7 Å². The minimum Gasteiger partial charge on any atom is -0.497 e. The Morgan fingerprint density at radius 1 is 1.41 bits per heavy atom. The van der Waals surface area contributed by atoms with Crippen LogP contribution in [0.3, 0.4) is 0 Å². The van der Waals surface area contributed by atoms with Crippen molar-refractivity contribution in [3.05, 3.63) is 48.7 Å². The maximum atomic E-state index is 11.2. The Kier molecular flexibility index (Phi) is 6.08. The van der Waals surface area contributed by atoms with Gasteiger partial charge in [-0.05, 0) is 61.1 Å². The zero-order chi connectivity index (χ0) is 19.4. The number of fused-ring (bicyclic) bond motifs is 4. The van der Waals surface area contributed by atoms with Gasteiger partial charge in [-0.1, -0.05) is 6.08 Å². The zero-order valence-electron chi connectivity index (χ0n) is 15.5. The summed E-state index contributed by atoms with van der Waals surface area (Å²) in [7, 11) is 1.66. The molecule has 27 heavy (non-hydrogen) atoms. The molecule has 144 valence electrons. The maximum Gasteiger partial charge on any atom is 0.290 e. The second-order valence-corrected chi connectivity index (χ2v) is 7.08. The first-order valence-corrected chi connectivity index (χ1v) is 9.18. The lowest BCUT2D eigenvalue weighted by molar-refractivity contribution is -0.122. The molecule has 3 aliphatic rings. The van der Waals surface area contributed by atoms with E-state index < -0.39 is 6.10 Å². The monoisotopic (exact) mass is 370 g/mol. The molecule has 0 amide bonds. The van der Waals surface area contributed by atoms with Gasteiger partial charge >= 0.3 is 0 Å². The Bertz CT molecular complexity index is 810. The maximum absolute atomic E-state index is 11.2. The van der Waals surface area contributed by atoms with Crippen LogP contribution in [0.4, 0.5) is 0 Å². The van der Waals surface area contributed by atoms with Gasteiger partial charge in [0.15, 0.2) is 0 Å². The first-order chi connectivity index (χ1) is 13.1. The molecule has 2 bridgehead atoms. The van der Waals surface area contributed by atoms with Crippen LogP contribution < -0.4 is 4.74 Å². The van der Waals surface area contributed by atoms with Gasteiger partial charge in [0, 0.05) is 24.2 Å². The van der Waals surface area contributed by atoms with Crippen LogP contribution in [0.1, 0.15) is 24.5 Å². The van der Waals surface area contributed by atoms with Gasteiger partial charge < -0.3 is 14.9 Å². The van der Waals surface area contributed by atoms with E-state index in [-0.39, 0.29) is 12.5 Å². The first-order valence-electron chi connectivity index (χ1n) is 9.18. The second-order valence-electron chi connectivity index (χ2n) is 7.08. The Morgan fingerprint density at radius 2 is 2.19 bits per heavy atom. The molecule has 1 aromatic carbocycles. The van der Waals surface area contributed by atoms with Crippen molar-refractivity contribution in [2.75, 3.05) is 20.2 Å². The number of nitrogens with zero attached hydrogens (tertiary/aromatic N) is 2. The van der Waals surface area contributed by atoms with Crippen LogP contribution in [0.25, 0.3) is 10.9 Å². The molecular formula is C21H26N2O4. The van der Waals surface area contributed by atoms with Crippen LogP contribution in [0.2, 0.25) is 0 Å². The predicted octanol–water partition coefficient (Wildman–Crippen LogP) is 2.87. The van der Waals surface area contributed by atoms with Crippen molar-refractivity contribution in [1.82, 2.24) is 9.88 Å². The van der Waals surface area contributed by atoms with Gasteiger partial charge in [-0.25, -0.2) is 0 Å². The Labute approximate surface area is 159 Å². The average molecular weight is 370 g/mol. The first kappa shape index (κ1) is 19.3. The lowest BCUT2D eigenvalue weighted by atomic mass is 9.73. The molecule has 0 spiro atoms. The summed E-state index contributed by atoms with van der Waals surface area (Å²) in [6.45, 7) is 5.82. The smallest absolute Gasteiger partial charge is 0.290 e. The highest BCUT2D eigenvalue weighted by atomic mass is 16.5. The molecule has 5 unspecified atom stereocenters. The third-order valence-electron chi connectivity index (χ3n) is 5.82. The molecule has 6 heteroatoms. The largest absolute Gasteiger partial charge is 0.497 e. The predicted molar refractivity (Wildman–Crippen MR) is 104 cm³/mol. The van der Waals surface area contributed by atoms with Crippen molar-refractivity contribution >= 4 is 17.4 Å². The van der Waals surface area contributed by atoms with E-state index in [0.717, 1.165) is 41.7 Å². The summed E-state index contributed by atoms with van der Waals surface area (Å²) >= 11 is 0. The van der Waals surface area contributed by atoms with E-state index in [9.17, 15) is 5.11 Å². The number of methoxy groups -OCH3 is 1. The number of hydrogen-bond acceptors (Lipinski definition) is 5. The standard InChI is InChI=1S/C20H24N2O2.CH2O2/c1-3-13-12-22-9-7-14(13)10-19(22)20(23)16-6-8-21-18-5-4-15(24-2)11-17(16)18;2-1-3/h3-6,8,11,13-14,19-20,23H,1,7,9-10,12H2,2H3;1H,(H,2,3). The minimum absolute atomic E-state index is 0.178. The summed E-state index contributed by atoms with van der Waals surface area (Å²) in [5.41, 5.74) is 1.85. The van der Waals surface area contributed by atoms with Crippen molar-refractivity contribution in [3.8, 4) is 5.75 Å². The van der Waals surface area contributed by atoms with Gasteiger partial charge in [-0.2, -0.15) is 0 Å². The number of hydrogen-bond donors (Lipinski definition) is 2. The molecular weight excluding hydrogens is 344 g/mol. The van der Waals surface area contributed by atoms with Gasteiger partial charge in [0.1, 0.15) is 5.75 Å². The number of ether oxygens (including phenoxy) is 1. The molecule has 6 nitrogen and oxygen atoms in total. The number of carboxylic acid groups (broad SMARTS) is 1. The number of pyridine rings is 1. The molecule has 2 N–H and O–H groups in total. The topological polar surface area (TPSA) is 82.9 Å². The van der Waals surface area contributed by atoms with E-state index in [1.165, 1.54) is 6.42 Å². The zero-order valence-corrected chi connectivity index (χ0v) is 15.5. The molecule has 5 atom stereocenters. The highest BCUT2D eigenvalue weighted by Gasteiger charge is 2.42. The van der Waals surface area contributed by atoms with Gasteiger partial charge in [-0.15, -0.1) is 6.58 Å². The average Bonchev–Trinajstić information content (AvgIpc) is 2.73. The van der Waals surface area contributed by atoms with Crippen molar-refractivity contribution in [3.63, 3.8) is 0 Å².